The number of thioether (sulfide) groups is 1. The smallest absolute Gasteiger partial charge is 0.251 e. The van der Waals surface area contributed by atoms with E-state index in [0.717, 1.165) is 6.20 Å². The van der Waals surface area contributed by atoms with E-state index in [2.05, 4.69) is 5.10 Å². The maximum Gasteiger partial charge on any atom is 0.447 e. The van der Waals surface area contributed by atoms with E-state index in [9.17, 15) is 22.0 Å². The van der Waals surface area contributed by atoms with Gasteiger partial charge in [-0.3, -0.25) is 4.68 Å². The molecule has 0 saturated heterocycles. The normalized spacial score (nSPS) is 12.5. The Balaban J connectivity index is 2.89. The summed E-state index contributed by atoms with van der Waals surface area (Å²) in [6, 6.07) is 0. The second kappa shape index (κ2) is 4.56. The quantitative estimate of drug-likeness (QED) is 0.616. The van der Waals surface area contributed by atoms with Crippen LogP contribution in [0.4, 0.5) is 22.0 Å². The molecule has 0 unspecified atom stereocenters. The highest BCUT2D eigenvalue weighted by Gasteiger charge is 2.33. The summed E-state index contributed by atoms with van der Waals surface area (Å²) in [7, 11) is 0. The lowest BCUT2D eigenvalue weighted by Gasteiger charge is -2.08. The van der Waals surface area contributed by atoms with Crippen LogP contribution in [0.1, 0.15) is 0 Å². The SMILES string of the molecule is FC(F)Cn1ncc(Cl)c1SC(F)(F)F. The Kier molecular flexibility index (Phi) is 3.82. The average molecular weight is 267 g/mol. The highest BCUT2D eigenvalue weighted by atomic mass is 35.5. The lowest BCUT2D eigenvalue weighted by Crippen LogP contribution is -2.11. The fourth-order valence-corrected chi connectivity index (χ4v) is 1.68. The molecule has 0 aliphatic heterocycles. The molecular formula is C6H4ClF5N2S. The monoisotopic (exact) mass is 266 g/mol. The summed E-state index contributed by atoms with van der Waals surface area (Å²) >= 11 is 4.82. The molecular weight excluding hydrogens is 263 g/mol. The number of nitrogens with zero attached hydrogens (tertiary/aromatic N) is 2. The molecule has 1 aromatic rings. The Hall–Kier alpha value is -0.500. The highest BCUT2D eigenvalue weighted by molar-refractivity contribution is 8.00. The fourth-order valence-electron chi connectivity index (χ4n) is 0.823. The second-order valence-electron chi connectivity index (χ2n) is 2.42. The molecule has 0 radical (unpaired) electrons. The summed E-state index contributed by atoms with van der Waals surface area (Å²) in [5.74, 6) is 0. The molecule has 1 rings (SSSR count). The van der Waals surface area contributed by atoms with Gasteiger partial charge in [-0.05, 0) is 0 Å². The van der Waals surface area contributed by atoms with Crippen molar-refractivity contribution in [3.8, 4) is 0 Å². The van der Waals surface area contributed by atoms with E-state index in [1.165, 1.54) is 0 Å². The molecule has 0 aromatic carbocycles. The first-order chi connectivity index (χ1) is 6.79. The van der Waals surface area contributed by atoms with Gasteiger partial charge >= 0.3 is 5.51 Å². The molecule has 0 aliphatic rings. The van der Waals surface area contributed by atoms with Gasteiger partial charge in [-0.2, -0.15) is 18.3 Å². The molecule has 0 aliphatic carbocycles. The third-order valence-electron chi connectivity index (χ3n) is 1.27. The summed E-state index contributed by atoms with van der Waals surface area (Å²) in [5, 5.41) is 2.51. The van der Waals surface area contributed by atoms with Gasteiger partial charge in [-0.1, -0.05) is 11.6 Å². The van der Waals surface area contributed by atoms with Crippen LogP contribution in [0.3, 0.4) is 0 Å². The molecule has 0 atom stereocenters. The van der Waals surface area contributed by atoms with Gasteiger partial charge in [0.05, 0.1) is 11.2 Å². The van der Waals surface area contributed by atoms with Gasteiger partial charge in [0.2, 0.25) is 0 Å². The summed E-state index contributed by atoms with van der Waals surface area (Å²) in [6.07, 6.45) is -1.88. The van der Waals surface area contributed by atoms with Crippen molar-refractivity contribution in [1.82, 2.24) is 9.78 Å². The molecule has 86 valence electrons. The van der Waals surface area contributed by atoms with Crippen molar-refractivity contribution in [2.24, 2.45) is 0 Å². The van der Waals surface area contributed by atoms with Crippen LogP contribution in [-0.4, -0.2) is 21.7 Å². The molecule has 9 heteroatoms. The van der Waals surface area contributed by atoms with Gasteiger partial charge in [-0.25, -0.2) is 8.78 Å². The Labute approximate surface area is 90.4 Å². The lowest BCUT2D eigenvalue weighted by molar-refractivity contribution is -0.0332. The summed E-state index contributed by atoms with van der Waals surface area (Å²) < 4.78 is 60.4. The van der Waals surface area contributed by atoms with Crippen molar-refractivity contribution in [3.63, 3.8) is 0 Å². The third kappa shape index (κ3) is 3.86. The maximum atomic E-state index is 12.0. The van der Waals surface area contributed by atoms with E-state index < -0.39 is 35.3 Å². The van der Waals surface area contributed by atoms with Crippen LogP contribution < -0.4 is 0 Å². The maximum absolute atomic E-state index is 12.0. The van der Waals surface area contributed by atoms with E-state index >= 15 is 0 Å². The van der Waals surface area contributed by atoms with Gasteiger partial charge in [-0.15, -0.1) is 0 Å². The van der Waals surface area contributed by atoms with Gasteiger partial charge in [0.15, 0.2) is 0 Å². The average Bonchev–Trinajstić information content (AvgIpc) is 2.32. The fraction of sp³-hybridized carbons (Fsp3) is 0.500. The number of halogens is 6. The van der Waals surface area contributed by atoms with E-state index in [1.54, 1.807) is 0 Å². The van der Waals surface area contributed by atoms with Crippen molar-refractivity contribution in [3.05, 3.63) is 11.2 Å². The van der Waals surface area contributed by atoms with Gasteiger partial charge < -0.3 is 0 Å². The molecule has 1 heterocycles. The number of rotatable bonds is 3. The number of alkyl halides is 5. The molecule has 0 saturated carbocycles. The summed E-state index contributed by atoms with van der Waals surface area (Å²) in [6.45, 7) is -0.912. The summed E-state index contributed by atoms with van der Waals surface area (Å²) in [4.78, 5) is 0. The molecule has 0 bridgehead atoms. The van der Waals surface area contributed by atoms with E-state index in [0.29, 0.717) is 4.68 Å². The van der Waals surface area contributed by atoms with E-state index in [-0.39, 0.29) is 5.02 Å². The van der Waals surface area contributed by atoms with Crippen LogP contribution in [0.25, 0.3) is 0 Å². The highest BCUT2D eigenvalue weighted by Crippen LogP contribution is 2.40. The van der Waals surface area contributed by atoms with E-state index in [4.69, 9.17) is 11.6 Å². The van der Waals surface area contributed by atoms with Crippen molar-refractivity contribution < 1.29 is 22.0 Å². The molecule has 0 spiro atoms. The zero-order valence-electron chi connectivity index (χ0n) is 6.93. The lowest BCUT2D eigenvalue weighted by atomic mass is 10.6. The zero-order valence-corrected chi connectivity index (χ0v) is 8.50. The van der Waals surface area contributed by atoms with Crippen LogP contribution in [0.15, 0.2) is 11.2 Å². The first kappa shape index (κ1) is 12.6. The predicted octanol–water partition coefficient (Wildman–Crippen LogP) is 3.41. The van der Waals surface area contributed by atoms with E-state index in [1.807, 2.05) is 0 Å². The van der Waals surface area contributed by atoms with Crippen LogP contribution in [0.5, 0.6) is 0 Å². The Bertz CT molecular complexity index is 337. The minimum Gasteiger partial charge on any atom is -0.251 e. The predicted molar refractivity (Wildman–Crippen MR) is 45.2 cm³/mol. The molecule has 2 nitrogen and oxygen atoms in total. The summed E-state index contributed by atoms with van der Waals surface area (Å²) in [5.41, 5.74) is -4.58. The standard InChI is InChI=1S/C6H4ClF5N2S/c7-3-1-13-14(2-4(8)9)5(3)15-6(10,11)12/h1,4H,2H2. The Morgan fingerprint density at radius 2 is 2.07 bits per heavy atom. The number of hydrogen-bond acceptors (Lipinski definition) is 2. The van der Waals surface area contributed by atoms with Gasteiger partial charge in [0.25, 0.3) is 6.43 Å². The first-order valence-electron chi connectivity index (χ1n) is 3.55. The zero-order chi connectivity index (χ0) is 11.6. The van der Waals surface area contributed by atoms with Crippen LogP contribution in [-0.2, 0) is 6.54 Å². The topological polar surface area (TPSA) is 17.8 Å². The molecule has 0 N–H and O–H groups in total. The largest absolute Gasteiger partial charge is 0.447 e. The minimum atomic E-state index is -4.58. The van der Waals surface area contributed by atoms with Gasteiger partial charge in [0, 0.05) is 11.8 Å². The third-order valence-corrected chi connectivity index (χ3v) is 2.52. The van der Waals surface area contributed by atoms with Gasteiger partial charge in [0.1, 0.15) is 11.6 Å². The van der Waals surface area contributed by atoms with Crippen molar-refractivity contribution >= 4 is 23.4 Å². The second-order valence-corrected chi connectivity index (χ2v) is 3.88. The van der Waals surface area contributed by atoms with Crippen molar-refractivity contribution in [2.45, 2.75) is 23.5 Å². The first-order valence-corrected chi connectivity index (χ1v) is 4.74. The molecule has 15 heavy (non-hydrogen) atoms. The van der Waals surface area contributed by atoms with Crippen LogP contribution >= 0.6 is 23.4 Å². The van der Waals surface area contributed by atoms with Crippen LogP contribution in [0.2, 0.25) is 5.02 Å². The molecule has 1 aromatic heterocycles. The number of hydrogen-bond donors (Lipinski definition) is 0. The number of aromatic nitrogens is 2. The minimum absolute atomic E-state index is 0.294. The molecule has 0 amide bonds. The Morgan fingerprint density at radius 1 is 1.47 bits per heavy atom. The Morgan fingerprint density at radius 3 is 2.53 bits per heavy atom. The van der Waals surface area contributed by atoms with Crippen molar-refractivity contribution in [1.29, 1.82) is 0 Å². The molecule has 0 fully saturated rings. The van der Waals surface area contributed by atoms with Crippen molar-refractivity contribution in [2.75, 3.05) is 0 Å². The van der Waals surface area contributed by atoms with Crippen LogP contribution in [0, 0.1) is 0 Å².